The Hall–Kier alpha value is -0.970. The molecule has 2 nitrogen and oxygen atoms in total. The Balaban J connectivity index is 2.21. The largest absolute Gasteiger partial charge is 0.309 e. The fraction of sp³-hybridized carbons (Fsp3) is 0.400. The molecule has 1 heterocycles. The second kappa shape index (κ2) is 7.16. The molecule has 1 aromatic heterocycles. The van der Waals surface area contributed by atoms with E-state index in [0.29, 0.717) is 6.42 Å². The normalized spacial score (nSPS) is 12.6. The van der Waals surface area contributed by atoms with Gasteiger partial charge in [0.1, 0.15) is 5.82 Å². The molecular weight excluding hydrogens is 295 g/mol. The van der Waals surface area contributed by atoms with Gasteiger partial charge in [-0.05, 0) is 37.9 Å². The van der Waals surface area contributed by atoms with E-state index in [1.807, 2.05) is 19.2 Å². The molecular formula is C15H18ClFN2S. The van der Waals surface area contributed by atoms with Crippen molar-refractivity contribution in [2.45, 2.75) is 32.7 Å². The van der Waals surface area contributed by atoms with Gasteiger partial charge in [0.2, 0.25) is 0 Å². The Bertz CT molecular complexity index is 571. The third kappa shape index (κ3) is 3.78. The van der Waals surface area contributed by atoms with Gasteiger partial charge < -0.3 is 5.32 Å². The van der Waals surface area contributed by atoms with Crippen LogP contribution >= 0.6 is 22.9 Å². The summed E-state index contributed by atoms with van der Waals surface area (Å²) in [6.45, 7) is 5.02. The molecule has 0 saturated carbocycles. The second-order valence-corrected chi connectivity index (χ2v) is 6.35. The number of aromatic nitrogens is 1. The van der Waals surface area contributed by atoms with Crippen molar-refractivity contribution < 1.29 is 4.39 Å². The van der Waals surface area contributed by atoms with Crippen LogP contribution in [0.2, 0.25) is 5.02 Å². The molecule has 5 heteroatoms. The van der Waals surface area contributed by atoms with Crippen LogP contribution in [0.5, 0.6) is 0 Å². The minimum absolute atomic E-state index is 0.125. The Labute approximate surface area is 128 Å². The third-order valence-corrected chi connectivity index (χ3v) is 4.53. The van der Waals surface area contributed by atoms with Crippen molar-refractivity contribution in [3.63, 3.8) is 0 Å². The van der Waals surface area contributed by atoms with E-state index in [0.717, 1.165) is 28.4 Å². The fourth-order valence-corrected chi connectivity index (χ4v) is 3.12. The Morgan fingerprint density at radius 3 is 2.90 bits per heavy atom. The average molecular weight is 313 g/mol. The number of halogens is 2. The van der Waals surface area contributed by atoms with Gasteiger partial charge >= 0.3 is 0 Å². The van der Waals surface area contributed by atoms with Crippen molar-refractivity contribution in [1.29, 1.82) is 0 Å². The Kier molecular flexibility index (Phi) is 5.52. The number of nitrogens with one attached hydrogen (secondary N) is 1. The van der Waals surface area contributed by atoms with Gasteiger partial charge in [-0.1, -0.05) is 30.7 Å². The fourth-order valence-electron chi connectivity index (χ4n) is 2.06. The summed E-state index contributed by atoms with van der Waals surface area (Å²) in [5.74, 6) is -0.362. The molecule has 1 N–H and O–H groups in total. The smallest absolute Gasteiger partial charge is 0.142 e. The van der Waals surface area contributed by atoms with E-state index >= 15 is 0 Å². The van der Waals surface area contributed by atoms with Crippen molar-refractivity contribution in [3.05, 3.63) is 50.7 Å². The lowest BCUT2D eigenvalue weighted by Gasteiger charge is -2.17. The molecule has 0 bridgehead atoms. The summed E-state index contributed by atoms with van der Waals surface area (Å²) < 4.78 is 13.5. The van der Waals surface area contributed by atoms with E-state index in [4.69, 9.17) is 11.6 Å². The predicted molar refractivity (Wildman–Crippen MR) is 83.0 cm³/mol. The zero-order valence-corrected chi connectivity index (χ0v) is 13.2. The van der Waals surface area contributed by atoms with Crippen LogP contribution in [-0.4, -0.2) is 11.5 Å². The van der Waals surface area contributed by atoms with Crippen LogP contribution in [0, 0.1) is 12.7 Å². The SMILES string of the molecule is CCCNC(Cc1cccc(F)c1Cl)c1cnc(C)s1. The van der Waals surface area contributed by atoms with Gasteiger partial charge in [-0.25, -0.2) is 9.37 Å². The van der Waals surface area contributed by atoms with Crippen molar-refractivity contribution >= 4 is 22.9 Å². The molecule has 2 rings (SSSR count). The number of benzene rings is 1. The van der Waals surface area contributed by atoms with Crippen LogP contribution in [0.3, 0.4) is 0 Å². The first-order chi connectivity index (χ1) is 9.61. The minimum atomic E-state index is -0.362. The van der Waals surface area contributed by atoms with Crippen LogP contribution in [-0.2, 0) is 6.42 Å². The number of nitrogens with zero attached hydrogens (tertiary/aromatic N) is 1. The molecule has 0 radical (unpaired) electrons. The van der Waals surface area contributed by atoms with Gasteiger partial charge in [-0.2, -0.15) is 0 Å². The van der Waals surface area contributed by atoms with Crippen molar-refractivity contribution in [2.24, 2.45) is 0 Å². The predicted octanol–water partition coefficient (Wildman–Crippen LogP) is 4.53. The first kappa shape index (κ1) is 15.4. The highest BCUT2D eigenvalue weighted by Gasteiger charge is 2.17. The first-order valence-corrected chi connectivity index (χ1v) is 7.89. The summed E-state index contributed by atoms with van der Waals surface area (Å²) in [4.78, 5) is 5.46. The van der Waals surface area contributed by atoms with Gasteiger partial charge in [0.05, 0.1) is 10.0 Å². The average Bonchev–Trinajstić information content (AvgIpc) is 2.86. The van der Waals surface area contributed by atoms with Crippen molar-refractivity contribution in [2.75, 3.05) is 6.54 Å². The zero-order valence-electron chi connectivity index (χ0n) is 11.6. The molecule has 0 saturated heterocycles. The number of thiazole rings is 1. The van der Waals surface area contributed by atoms with Crippen LogP contribution in [0.4, 0.5) is 4.39 Å². The summed E-state index contributed by atoms with van der Waals surface area (Å²) in [6.07, 6.45) is 3.60. The molecule has 2 aromatic rings. The highest BCUT2D eigenvalue weighted by atomic mass is 35.5. The summed E-state index contributed by atoms with van der Waals surface area (Å²) in [6, 6.07) is 5.09. The molecule has 0 aliphatic carbocycles. The molecule has 0 spiro atoms. The lowest BCUT2D eigenvalue weighted by atomic mass is 10.0. The Morgan fingerprint density at radius 2 is 2.25 bits per heavy atom. The summed E-state index contributed by atoms with van der Waals surface area (Å²) in [5, 5.41) is 4.74. The number of hydrogen-bond acceptors (Lipinski definition) is 3. The summed E-state index contributed by atoms with van der Waals surface area (Å²) in [7, 11) is 0. The maximum Gasteiger partial charge on any atom is 0.142 e. The molecule has 1 atom stereocenters. The highest BCUT2D eigenvalue weighted by Crippen LogP contribution is 2.28. The molecule has 0 aliphatic rings. The monoisotopic (exact) mass is 312 g/mol. The van der Waals surface area contributed by atoms with Crippen molar-refractivity contribution in [1.82, 2.24) is 10.3 Å². The topological polar surface area (TPSA) is 24.9 Å². The van der Waals surface area contributed by atoms with Crippen LogP contribution in [0.1, 0.15) is 34.8 Å². The zero-order chi connectivity index (χ0) is 14.5. The molecule has 108 valence electrons. The first-order valence-electron chi connectivity index (χ1n) is 6.70. The van der Waals surface area contributed by atoms with Crippen LogP contribution in [0.25, 0.3) is 0 Å². The lowest BCUT2D eigenvalue weighted by Crippen LogP contribution is -2.23. The second-order valence-electron chi connectivity index (χ2n) is 4.71. The maximum absolute atomic E-state index is 13.5. The van der Waals surface area contributed by atoms with E-state index in [2.05, 4.69) is 17.2 Å². The number of aryl methyl sites for hydroxylation is 1. The van der Waals surface area contributed by atoms with Gasteiger partial charge in [0.25, 0.3) is 0 Å². The quantitative estimate of drug-likeness (QED) is 0.848. The molecule has 0 amide bonds. The minimum Gasteiger partial charge on any atom is -0.309 e. The molecule has 1 aromatic carbocycles. The van der Waals surface area contributed by atoms with E-state index < -0.39 is 0 Å². The number of rotatable bonds is 6. The van der Waals surface area contributed by atoms with Gasteiger partial charge in [-0.3, -0.25) is 0 Å². The van der Waals surface area contributed by atoms with E-state index in [1.165, 1.54) is 6.07 Å². The Morgan fingerprint density at radius 1 is 1.45 bits per heavy atom. The van der Waals surface area contributed by atoms with Crippen LogP contribution < -0.4 is 5.32 Å². The molecule has 1 unspecified atom stereocenters. The number of hydrogen-bond donors (Lipinski definition) is 1. The standard InChI is InChI=1S/C15H18ClFN2S/c1-3-7-18-13(14-9-19-10(2)20-14)8-11-5-4-6-12(17)15(11)16/h4-6,9,13,18H,3,7-8H2,1-2H3. The summed E-state index contributed by atoms with van der Waals surface area (Å²) in [5.41, 5.74) is 0.825. The van der Waals surface area contributed by atoms with E-state index in [1.54, 1.807) is 17.4 Å². The van der Waals surface area contributed by atoms with E-state index in [-0.39, 0.29) is 16.9 Å². The van der Waals surface area contributed by atoms with Gasteiger partial charge in [0, 0.05) is 17.1 Å². The van der Waals surface area contributed by atoms with Gasteiger partial charge in [-0.15, -0.1) is 11.3 Å². The molecule has 20 heavy (non-hydrogen) atoms. The highest BCUT2D eigenvalue weighted by molar-refractivity contribution is 7.11. The molecule has 0 fully saturated rings. The van der Waals surface area contributed by atoms with Crippen LogP contribution in [0.15, 0.2) is 24.4 Å². The summed E-state index contributed by atoms with van der Waals surface area (Å²) >= 11 is 7.71. The molecule has 0 aliphatic heterocycles. The maximum atomic E-state index is 13.5. The third-order valence-electron chi connectivity index (χ3n) is 3.08. The van der Waals surface area contributed by atoms with Crippen molar-refractivity contribution in [3.8, 4) is 0 Å². The van der Waals surface area contributed by atoms with Gasteiger partial charge in [0.15, 0.2) is 0 Å². The lowest BCUT2D eigenvalue weighted by molar-refractivity contribution is 0.533. The van der Waals surface area contributed by atoms with E-state index in [9.17, 15) is 4.39 Å².